The van der Waals surface area contributed by atoms with E-state index in [0.717, 1.165) is 55.2 Å². The van der Waals surface area contributed by atoms with Crippen molar-refractivity contribution in [3.05, 3.63) is 101 Å². The molecule has 0 atom stereocenters. The van der Waals surface area contributed by atoms with Gasteiger partial charge >= 0.3 is 0 Å². The van der Waals surface area contributed by atoms with Crippen molar-refractivity contribution >= 4 is 17.4 Å². The van der Waals surface area contributed by atoms with E-state index in [2.05, 4.69) is 44.0 Å². The van der Waals surface area contributed by atoms with Gasteiger partial charge in [0, 0.05) is 139 Å². The van der Waals surface area contributed by atoms with Gasteiger partial charge in [0.15, 0.2) is 0 Å². The Morgan fingerprint density at radius 1 is 0.727 bits per heavy atom. The van der Waals surface area contributed by atoms with Crippen LogP contribution < -0.4 is 4.90 Å². The average molecular weight is 891 g/mol. The Labute approximate surface area is 274 Å². The summed E-state index contributed by atoms with van der Waals surface area (Å²) < 4.78 is 0. The van der Waals surface area contributed by atoms with E-state index in [1.807, 2.05) is 30.5 Å². The number of alkyl halides is 1. The third-order valence-electron chi connectivity index (χ3n) is 5.26. The zero-order chi connectivity index (χ0) is 21.9. The van der Waals surface area contributed by atoms with Crippen LogP contribution in [0.4, 0.5) is 5.82 Å². The first-order chi connectivity index (χ1) is 15.2. The SMILES string of the molecule is [Ac].[Ac].[NH-]Cc1ccc(CCl)cc1.[NH-]Cc1ccc(CN2CCN(c3cnccn3)CC2)cc1. The summed E-state index contributed by atoms with van der Waals surface area (Å²) in [5, 5.41) is 0. The van der Waals surface area contributed by atoms with Crippen molar-refractivity contribution in [1.29, 1.82) is 0 Å². The molecule has 3 aromatic rings. The third-order valence-corrected chi connectivity index (χ3v) is 5.57. The second kappa shape index (κ2) is 17.7. The standard InChI is InChI=1S/C16H20N5.C8H9ClN.2Ac/c17-11-14-1-3-15(4-2-14)13-20-7-9-21(10-8-20)16-12-18-5-6-19-16;9-5-7-1-3-8(6-10)4-2-7;;/h1-6,12,17H,7-11,13H2;1-4,10H,5-6H2;;/q2*-1;;. The normalized spacial score (nSPS) is 13.2. The summed E-state index contributed by atoms with van der Waals surface area (Å²) in [6.07, 6.45) is 5.28. The summed E-state index contributed by atoms with van der Waals surface area (Å²) in [5.41, 5.74) is 18.9. The van der Waals surface area contributed by atoms with Gasteiger partial charge in [-0.05, 0) is 11.1 Å². The molecule has 2 N–H and O–H groups in total. The zero-order valence-electron chi connectivity index (χ0n) is 18.8. The Bertz CT molecular complexity index is 866. The molecule has 33 heavy (non-hydrogen) atoms. The van der Waals surface area contributed by atoms with E-state index in [4.69, 9.17) is 23.1 Å². The predicted molar refractivity (Wildman–Crippen MR) is 128 cm³/mol. The van der Waals surface area contributed by atoms with Crippen molar-refractivity contribution in [1.82, 2.24) is 14.9 Å². The Hall–Kier alpha value is 0.373. The Balaban J connectivity index is 0.000000388. The van der Waals surface area contributed by atoms with Crippen LogP contribution in [0, 0.1) is 88.1 Å². The quantitative estimate of drug-likeness (QED) is 0.314. The van der Waals surface area contributed by atoms with Gasteiger partial charge in [-0.25, -0.2) is 4.98 Å². The number of hydrogen-bond donors (Lipinski definition) is 0. The molecule has 2 radical (unpaired) electrons. The molecule has 1 aromatic heterocycles. The van der Waals surface area contributed by atoms with Crippen LogP contribution in [-0.2, 0) is 25.5 Å². The van der Waals surface area contributed by atoms with Crippen molar-refractivity contribution in [2.45, 2.75) is 25.5 Å². The number of halogens is 1. The van der Waals surface area contributed by atoms with E-state index in [1.54, 1.807) is 12.4 Å². The van der Waals surface area contributed by atoms with E-state index in [0.29, 0.717) is 19.0 Å². The van der Waals surface area contributed by atoms with Crippen molar-refractivity contribution in [2.24, 2.45) is 0 Å². The molecule has 1 aliphatic rings. The van der Waals surface area contributed by atoms with Crippen LogP contribution in [0.15, 0.2) is 67.1 Å². The molecule has 1 saturated heterocycles. The van der Waals surface area contributed by atoms with Gasteiger partial charge in [-0.3, -0.25) is 9.88 Å². The molecular formula is C24H29Ac2ClN6-2. The summed E-state index contributed by atoms with van der Waals surface area (Å²) in [5.74, 6) is 1.52. The minimum Gasteiger partial charge on any atom is -0.674 e. The minimum atomic E-state index is 0. The second-order valence-corrected chi connectivity index (χ2v) is 7.71. The summed E-state index contributed by atoms with van der Waals surface area (Å²) in [6.45, 7) is 5.74. The average Bonchev–Trinajstić information content (AvgIpc) is 2.86. The smallest absolute Gasteiger partial charge is 0.147 e. The van der Waals surface area contributed by atoms with E-state index in [9.17, 15) is 0 Å². The number of aromatic nitrogens is 2. The molecule has 1 aliphatic heterocycles. The molecule has 2 aromatic carbocycles. The predicted octanol–water partition coefficient (Wildman–Crippen LogP) is 5.33. The molecule has 4 rings (SSSR count). The molecule has 2 heterocycles. The van der Waals surface area contributed by atoms with E-state index in [-0.39, 0.29) is 88.1 Å². The first-order valence-corrected chi connectivity index (χ1v) is 11.0. The maximum atomic E-state index is 7.34. The maximum absolute atomic E-state index is 7.34. The number of rotatable bonds is 6. The number of anilines is 1. The number of nitrogens with zero attached hydrogens (tertiary/aromatic N) is 4. The van der Waals surface area contributed by atoms with Gasteiger partial charge in [0.25, 0.3) is 0 Å². The van der Waals surface area contributed by atoms with Gasteiger partial charge in [-0.15, -0.1) is 24.7 Å². The third kappa shape index (κ3) is 10.9. The fourth-order valence-corrected chi connectivity index (χ4v) is 3.53. The fourth-order valence-electron chi connectivity index (χ4n) is 3.36. The van der Waals surface area contributed by atoms with Crippen LogP contribution in [0.3, 0.4) is 0 Å². The molecule has 0 spiro atoms. The maximum Gasteiger partial charge on any atom is 0.147 e. The number of nitrogens with one attached hydrogen (secondary N) is 2. The van der Waals surface area contributed by atoms with Crippen LogP contribution in [0.1, 0.15) is 22.3 Å². The molecule has 0 aliphatic carbocycles. The Morgan fingerprint density at radius 2 is 1.24 bits per heavy atom. The van der Waals surface area contributed by atoms with Crippen LogP contribution in [0.5, 0.6) is 0 Å². The van der Waals surface area contributed by atoms with Crippen LogP contribution in [-0.4, -0.2) is 41.0 Å². The van der Waals surface area contributed by atoms with Crippen LogP contribution in [0.25, 0.3) is 11.5 Å². The molecule has 0 saturated carbocycles. The van der Waals surface area contributed by atoms with E-state index < -0.39 is 0 Å². The van der Waals surface area contributed by atoms with E-state index in [1.165, 1.54) is 5.56 Å². The molecule has 6 nitrogen and oxygen atoms in total. The van der Waals surface area contributed by atoms with Gasteiger partial charge in [-0.1, -0.05) is 59.7 Å². The zero-order valence-corrected chi connectivity index (χ0v) is 29.1. The fraction of sp³-hybridized carbons (Fsp3) is 0.333. The molecule has 1 fully saturated rings. The first-order valence-electron chi connectivity index (χ1n) is 10.5. The number of hydrogen-bond acceptors (Lipinski definition) is 4. The van der Waals surface area contributed by atoms with Gasteiger partial charge in [0.05, 0.1) is 6.20 Å². The monoisotopic (exact) mass is 890 g/mol. The summed E-state index contributed by atoms with van der Waals surface area (Å²) in [6, 6.07) is 16.2. The number of benzene rings is 2. The molecule has 0 amide bonds. The number of piperazine rings is 1. The molecule has 170 valence electrons. The van der Waals surface area contributed by atoms with Gasteiger partial charge in [-0.2, -0.15) is 0 Å². The Kier molecular flexibility index (Phi) is 16.9. The summed E-state index contributed by atoms with van der Waals surface area (Å²) >= 11 is 5.58. The molecule has 0 unspecified atom stereocenters. The van der Waals surface area contributed by atoms with Crippen molar-refractivity contribution in [2.75, 3.05) is 31.1 Å². The van der Waals surface area contributed by atoms with Gasteiger partial charge in [0.2, 0.25) is 0 Å². The van der Waals surface area contributed by atoms with Crippen LogP contribution >= 0.6 is 11.6 Å². The van der Waals surface area contributed by atoms with Gasteiger partial charge < -0.3 is 16.4 Å². The van der Waals surface area contributed by atoms with E-state index >= 15 is 0 Å². The Morgan fingerprint density at radius 3 is 1.70 bits per heavy atom. The van der Waals surface area contributed by atoms with Crippen molar-refractivity contribution < 1.29 is 88.1 Å². The van der Waals surface area contributed by atoms with Crippen molar-refractivity contribution in [3.63, 3.8) is 0 Å². The van der Waals surface area contributed by atoms with Gasteiger partial charge in [0.1, 0.15) is 5.82 Å². The second-order valence-electron chi connectivity index (χ2n) is 7.45. The summed E-state index contributed by atoms with van der Waals surface area (Å²) in [4.78, 5) is 13.2. The minimum absolute atomic E-state index is 0. The molecular weight excluding hydrogens is 862 g/mol. The molecule has 0 bridgehead atoms. The molecule has 9 heteroatoms. The van der Waals surface area contributed by atoms with Crippen molar-refractivity contribution in [3.8, 4) is 0 Å². The largest absolute Gasteiger partial charge is 0.674 e. The summed E-state index contributed by atoms with van der Waals surface area (Å²) in [7, 11) is 0. The first kappa shape index (κ1) is 31.4. The van der Waals surface area contributed by atoms with Crippen LogP contribution in [0.2, 0.25) is 0 Å². The topological polar surface area (TPSA) is 79.9 Å².